The predicted molar refractivity (Wildman–Crippen MR) is 52.2 cm³/mol. The molecule has 3 N–H and O–H groups in total. The van der Waals surface area contributed by atoms with Crippen molar-refractivity contribution in [2.24, 2.45) is 0 Å². The van der Waals surface area contributed by atoms with Crippen molar-refractivity contribution in [1.29, 1.82) is 0 Å². The van der Waals surface area contributed by atoms with Gasteiger partial charge < -0.3 is 15.4 Å². The van der Waals surface area contributed by atoms with Crippen LogP contribution in [0.1, 0.15) is 6.92 Å². The Hall–Kier alpha value is -0.990. The van der Waals surface area contributed by atoms with E-state index in [9.17, 15) is 4.57 Å². The summed E-state index contributed by atoms with van der Waals surface area (Å²) in [6, 6.07) is 6.87. The number of nitrogens with two attached hydrogens (primary N) is 1. The number of hydrogen-bond acceptors (Lipinski definition) is 3. The van der Waals surface area contributed by atoms with Gasteiger partial charge in [0, 0.05) is 0 Å². The molecule has 0 fully saturated rings. The molecule has 0 aliphatic carbocycles. The fourth-order valence-corrected chi connectivity index (χ4v) is 1.06. The van der Waals surface area contributed by atoms with Gasteiger partial charge in [-0.25, -0.2) is 0 Å². The molecule has 0 saturated heterocycles. The van der Waals surface area contributed by atoms with Crippen molar-refractivity contribution in [3.63, 3.8) is 0 Å². The lowest BCUT2D eigenvalue weighted by atomic mass is 10.3. The quantitative estimate of drug-likeness (QED) is 0.573. The van der Waals surface area contributed by atoms with Crippen molar-refractivity contribution >= 4 is 13.7 Å². The molecule has 0 aromatic heterocycles. The zero-order valence-electron chi connectivity index (χ0n) is 7.23. The highest BCUT2D eigenvalue weighted by atomic mass is 31.1. The van der Waals surface area contributed by atoms with E-state index < -0.39 is 13.9 Å². The van der Waals surface area contributed by atoms with E-state index in [1.165, 1.54) is 6.92 Å². The molecule has 2 unspecified atom stereocenters. The van der Waals surface area contributed by atoms with Gasteiger partial charge >= 0.3 is 0 Å². The third-order valence-corrected chi connectivity index (χ3v) is 2.38. The number of ether oxygens (including phenoxy) is 1. The molecule has 0 spiro atoms. The number of para-hydroxylation sites is 2. The molecule has 0 amide bonds. The topological polar surface area (TPSA) is 72.5 Å². The van der Waals surface area contributed by atoms with Gasteiger partial charge in [-0.2, -0.15) is 0 Å². The van der Waals surface area contributed by atoms with E-state index >= 15 is 0 Å². The van der Waals surface area contributed by atoms with Crippen molar-refractivity contribution in [3.8, 4) is 5.75 Å². The molecule has 0 saturated carbocycles. The molecular weight excluding hydrogens is 189 g/mol. The molecule has 0 aliphatic heterocycles. The zero-order valence-corrected chi connectivity index (χ0v) is 8.23. The highest BCUT2D eigenvalue weighted by Crippen LogP contribution is 2.28. The summed E-state index contributed by atoms with van der Waals surface area (Å²) in [6.07, 6.45) is 0. The van der Waals surface area contributed by atoms with E-state index in [2.05, 4.69) is 0 Å². The highest BCUT2D eigenvalue weighted by Gasteiger charge is 2.10. The first-order valence-corrected chi connectivity index (χ1v) is 5.28. The number of anilines is 1. The first kappa shape index (κ1) is 10.1. The highest BCUT2D eigenvalue weighted by molar-refractivity contribution is 7.38. The lowest BCUT2D eigenvalue weighted by Gasteiger charge is -2.12. The van der Waals surface area contributed by atoms with Gasteiger partial charge in [0.1, 0.15) is 5.75 Å². The van der Waals surface area contributed by atoms with Crippen molar-refractivity contribution in [2.45, 2.75) is 12.8 Å². The predicted octanol–water partition coefficient (Wildman–Crippen LogP) is 1.46. The molecule has 4 nitrogen and oxygen atoms in total. The molecule has 1 aromatic rings. The Labute approximate surface area is 77.2 Å². The van der Waals surface area contributed by atoms with Gasteiger partial charge in [0.2, 0.25) is 8.03 Å². The molecule has 2 atom stereocenters. The van der Waals surface area contributed by atoms with Crippen LogP contribution in [0.15, 0.2) is 24.3 Å². The molecule has 1 aromatic carbocycles. The van der Waals surface area contributed by atoms with Gasteiger partial charge in [0.25, 0.3) is 0 Å². The Kier molecular flexibility index (Phi) is 3.34. The minimum Gasteiger partial charge on any atom is -0.479 e. The lowest BCUT2D eigenvalue weighted by Crippen LogP contribution is -2.07. The minimum absolute atomic E-state index is 0.447. The Bertz CT molecular complexity index is 316. The van der Waals surface area contributed by atoms with Gasteiger partial charge in [0.05, 0.1) is 5.69 Å². The third-order valence-electron chi connectivity index (χ3n) is 1.57. The second-order valence-electron chi connectivity index (χ2n) is 2.64. The van der Waals surface area contributed by atoms with E-state index in [1.54, 1.807) is 24.3 Å². The van der Waals surface area contributed by atoms with Gasteiger partial charge in [-0.15, -0.1) is 0 Å². The summed E-state index contributed by atoms with van der Waals surface area (Å²) in [6.45, 7) is 1.54. The summed E-state index contributed by atoms with van der Waals surface area (Å²) in [5.41, 5.74) is 6.04. The maximum Gasteiger partial charge on any atom is 0.228 e. The summed E-state index contributed by atoms with van der Waals surface area (Å²) in [5, 5.41) is 0. The summed E-state index contributed by atoms with van der Waals surface area (Å²) < 4.78 is 15.8. The summed E-state index contributed by atoms with van der Waals surface area (Å²) in [5.74, 6) is -0.253. The Balaban J connectivity index is 2.74. The van der Waals surface area contributed by atoms with Crippen molar-refractivity contribution in [2.75, 3.05) is 5.73 Å². The van der Waals surface area contributed by atoms with Gasteiger partial charge in [-0.1, -0.05) is 12.1 Å². The summed E-state index contributed by atoms with van der Waals surface area (Å²) >= 11 is 0. The van der Waals surface area contributed by atoms with Crippen LogP contribution in [0.25, 0.3) is 0 Å². The molecule has 0 heterocycles. The molecular formula is C8H12NO3P. The van der Waals surface area contributed by atoms with E-state index in [-0.39, 0.29) is 0 Å². The molecule has 0 bridgehead atoms. The van der Waals surface area contributed by atoms with Crippen LogP contribution >= 0.6 is 8.03 Å². The largest absolute Gasteiger partial charge is 0.479 e. The average molecular weight is 201 g/mol. The maximum atomic E-state index is 10.6. The number of hydrogen-bond donors (Lipinski definition) is 2. The van der Waals surface area contributed by atoms with E-state index in [0.29, 0.717) is 11.4 Å². The average Bonchev–Trinajstić information content (AvgIpc) is 2.08. The SMILES string of the molecule is CC(Oc1ccccc1N)[PH](=O)O. The zero-order chi connectivity index (χ0) is 9.84. The Morgan fingerprint density at radius 3 is 2.69 bits per heavy atom. The molecule has 13 heavy (non-hydrogen) atoms. The normalized spacial score (nSPS) is 14.9. The molecule has 72 valence electrons. The van der Waals surface area contributed by atoms with Crippen LogP contribution in [0.5, 0.6) is 5.75 Å². The van der Waals surface area contributed by atoms with Crippen molar-refractivity contribution < 1.29 is 14.2 Å². The van der Waals surface area contributed by atoms with Crippen LogP contribution in [-0.2, 0) is 4.57 Å². The minimum atomic E-state index is -2.65. The number of benzene rings is 1. The lowest BCUT2D eigenvalue weighted by molar-refractivity contribution is 0.281. The summed E-state index contributed by atoms with van der Waals surface area (Å²) in [7, 11) is -2.65. The molecule has 1 rings (SSSR count). The van der Waals surface area contributed by atoms with E-state index in [1.807, 2.05) is 0 Å². The van der Waals surface area contributed by atoms with Crippen LogP contribution in [0.3, 0.4) is 0 Å². The van der Waals surface area contributed by atoms with E-state index in [4.69, 9.17) is 15.4 Å². The standard InChI is InChI=1S/C8H12NO3P/c1-6(13(10)11)12-8-5-3-2-4-7(8)9/h2-6,13H,9H2,1H3,(H,10,11). The second-order valence-corrected chi connectivity index (χ2v) is 4.13. The molecule has 0 radical (unpaired) electrons. The third kappa shape index (κ3) is 2.76. The van der Waals surface area contributed by atoms with Crippen LogP contribution in [0.4, 0.5) is 5.69 Å². The van der Waals surface area contributed by atoms with Crippen LogP contribution < -0.4 is 10.5 Å². The van der Waals surface area contributed by atoms with Crippen LogP contribution in [-0.4, -0.2) is 10.7 Å². The second kappa shape index (κ2) is 4.30. The fourth-order valence-electron chi connectivity index (χ4n) is 0.829. The van der Waals surface area contributed by atoms with Gasteiger partial charge in [0.15, 0.2) is 5.85 Å². The Morgan fingerprint density at radius 1 is 1.54 bits per heavy atom. The van der Waals surface area contributed by atoms with Crippen LogP contribution in [0.2, 0.25) is 0 Å². The van der Waals surface area contributed by atoms with Crippen molar-refractivity contribution in [3.05, 3.63) is 24.3 Å². The van der Waals surface area contributed by atoms with Crippen LogP contribution in [0, 0.1) is 0 Å². The van der Waals surface area contributed by atoms with Crippen molar-refractivity contribution in [1.82, 2.24) is 0 Å². The monoisotopic (exact) mass is 201 g/mol. The Morgan fingerprint density at radius 2 is 2.15 bits per heavy atom. The fraction of sp³-hybridized carbons (Fsp3) is 0.250. The van der Waals surface area contributed by atoms with E-state index in [0.717, 1.165) is 0 Å². The number of nitrogen functional groups attached to an aromatic ring is 1. The molecule has 5 heteroatoms. The smallest absolute Gasteiger partial charge is 0.228 e. The number of rotatable bonds is 3. The first-order chi connectivity index (χ1) is 6.11. The maximum absolute atomic E-state index is 10.6. The first-order valence-electron chi connectivity index (χ1n) is 3.85. The van der Waals surface area contributed by atoms with Gasteiger partial charge in [-0.3, -0.25) is 4.57 Å². The van der Waals surface area contributed by atoms with Gasteiger partial charge in [-0.05, 0) is 19.1 Å². The molecule has 0 aliphatic rings. The summed E-state index contributed by atoms with van der Waals surface area (Å²) in [4.78, 5) is 8.75.